The fraction of sp³-hybridized carbons (Fsp3) is 0.538. The van der Waals surface area contributed by atoms with E-state index in [1.807, 2.05) is 12.1 Å². The zero-order chi connectivity index (χ0) is 11.5. The van der Waals surface area contributed by atoms with Crippen molar-refractivity contribution in [2.24, 2.45) is 5.92 Å². The molecule has 0 spiro atoms. The van der Waals surface area contributed by atoms with Crippen LogP contribution >= 0.6 is 39.1 Å². The maximum absolute atomic E-state index is 5.97. The predicted molar refractivity (Wildman–Crippen MR) is 74.8 cm³/mol. The van der Waals surface area contributed by atoms with Crippen molar-refractivity contribution in [3.63, 3.8) is 0 Å². The Morgan fingerprint density at radius 1 is 1.25 bits per heavy atom. The van der Waals surface area contributed by atoms with Gasteiger partial charge in [-0.2, -0.15) is 0 Å². The van der Waals surface area contributed by atoms with E-state index in [-0.39, 0.29) is 0 Å². The third-order valence-electron chi connectivity index (χ3n) is 3.06. The summed E-state index contributed by atoms with van der Waals surface area (Å²) in [6.07, 6.45) is 6.37. The smallest absolute Gasteiger partial charge is 0.0595 e. The molecule has 0 aliphatic heterocycles. The molecule has 1 aliphatic carbocycles. The fourth-order valence-corrected chi connectivity index (χ4v) is 3.06. The van der Waals surface area contributed by atoms with E-state index in [9.17, 15) is 0 Å². The fourth-order valence-electron chi connectivity index (χ4n) is 1.89. The molecule has 88 valence electrons. The molecule has 1 saturated carbocycles. The first-order valence-corrected chi connectivity index (χ1v) is 7.42. The SMILES string of the molecule is Clc1ccc(CCCC(Br)C2CC2)cc1Cl. The molecule has 2 rings (SSSR count). The summed E-state index contributed by atoms with van der Waals surface area (Å²) >= 11 is 15.6. The van der Waals surface area contributed by atoms with Gasteiger partial charge in [0.2, 0.25) is 0 Å². The molecule has 1 unspecified atom stereocenters. The lowest BCUT2D eigenvalue weighted by Crippen LogP contribution is -2.00. The number of aryl methyl sites for hydroxylation is 1. The van der Waals surface area contributed by atoms with E-state index < -0.39 is 0 Å². The van der Waals surface area contributed by atoms with E-state index >= 15 is 0 Å². The van der Waals surface area contributed by atoms with E-state index in [2.05, 4.69) is 22.0 Å². The number of hydrogen-bond donors (Lipinski definition) is 0. The topological polar surface area (TPSA) is 0 Å². The number of benzene rings is 1. The van der Waals surface area contributed by atoms with Crippen LogP contribution in [0.1, 0.15) is 31.2 Å². The summed E-state index contributed by atoms with van der Waals surface area (Å²) in [7, 11) is 0. The van der Waals surface area contributed by atoms with Gasteiger partial charge in [-0.15, -0.1) is 0 Å². The summed E-state index contributed by atoms with van der Waals surface area (Å²) in [5.41, 5.74) is 1.28. The van der Waals surface area contributed by atoms with Gasteiger partial charge in [-0.1, -0.05) is 45.2 Å². The van der Waals surface area contributed by atoms with Gasteiger partial charge in [0.1, 0.15) is 0 Å². The highest BCUT2D eigenvalue weighted by molar-refractivity contribution is 9.09. The average Bonchev–Trinajstić information content (AvgIpc) is 3.07. The Bertz CT molecular complexity index is 361. The van der Waals surface area contributed by atoms with Crippen LogP contribution in [0.2, 0.25) is 10.0 Å². The first kappa shape index (κ1) is 12.7. The van der Waals surface area contributed by atoms with Gasteiger partial charge >= 0.3 is 0 Å². The summed E-state index contributed by atoms with van der Waals surface area (Å²) in [5, 5.41) is 1.30. The van der Waals surface area contributed by atoms with E-state index in [0.29, 0.717) is 10.0 Å². The van der Waals surface area contributed by atoms with E-state index in [0.717, 1.165) is 17.2 Å². The van der Waals surface area contributed by atoms with Crippen LogP contribution in [0.4, 0.5) is 0 Å². The van der Waals surface area contributed by atoms with Gasteiger partial charge < -0.3 is 0 Å². The molecular weight excluding hydrogens is 307 g/mol. The summed E-state index contributed by atoms with van der Waals surface area (Å²) < 4.78 is 0. The molecule has 0 radical (unpaired) electrons. The van der Waals surface area contributed by atoms with Crippen LogP contribution in [-0.2, 0) is 6.42 Å². The Balaban J connectivity index is 1.78. The van der Waals surface area contributed by atoms with Crippen molar-refractivity contribution in [2.75, 3.05) is 0 Å². The maximum Gasteiger partial charge on any atom is 0.0595 e. The van der Waals surface area contributed by atoms with Gasteiger partial charge in [0.15, 0.2) is 0 Å². The first-order chi connectivity index (χ1) is 7.66. The van der Waals surface area contributed by atoms with E-state index in [1.165, 1.54) is 31.2 Å². The van der Waals surface area contributed by atoms with E-state index in [1.54, 1.807) is 0 Å². The van der Waals surface area contributed by atoms with Gasteiger partial charge in [-0.3, -0.25) is 0 Å². The van der Waals surface area contributed by atoms with Crippen molar-refractivity contribution in [1.82, 2.24) is 0 Å². The molecule has 0 bridgehead atoms. The quantitative estimate of drug-likeness (QED) is 0.629. The van der Waals surface area contributed by atoms with Crippen molar-refractivity contribution in [3.8, 4) is 0 Å². The molecule has 16 heavy (non-hydrogen) atoms. The highest BCUT2D eigenvalue weighted by Gasteiger charge is 2.28. The van der Waals surface area contributed by atoms with Crippen molar-refractivity contribution >= 4 is 39.1 Å². The van der Waals surface area contributed by atoms with Crippen LogP contribution < -0.4 is 0 Å². The Kier molecular flexibility index (Phi) is 4.57. The van der Waals surface area contributed by atoms with Gasteiger partial charge in [0.25, 0.3) is 0 Å². The van der Waals surface area contributed by atoms with Crippen LogP contribution in [0, 0.1) is 5.92 Å². The van der Waals surface area contributed by atoms with Crippen molar-refractivity contribution < 1.29 is 0 Å². The highest BCUT2D eigenvalue weighted by Crippen LogP contribution is 2.38. The second-order valence-corrected chi connectivity index (χ2v) is 6.48. The summed E-state index contributed by atoms with van der Waals surface area (Å²) in [5.74, 6) is 0.939. The molecule has 0 heterocycles. The number of halogens is 3. The minimum atomic E-state index is 0.641. The van der Waals surface area contributed by atoms with Crippen LogP contribution in [0.25, 0.3) is 0 Å². The molecule has 1 aliphatic rings. The zero-order valence-corrected chi connectivity index (χ0v) is 12.2. The predicted octanol–water partition coefficient (Wildman–Crippen LogP) is 5.49. The van der Waals surface area contributed by atoms with Gasteiger partial charge in [-0.05, 0) is 55.7 Å². The highest BCUT2D eigenvalue weighted by atomic mass is 79.9. The molecule has 1 aromatic carbocycles. The largest absolute Gasteiger partial charge is 0.0888 e. The molecule has 3 heteroatoms. The molecule has 1 aromatic rings. The van der Waals surface area contributed by atoms with Crippen molar-refractivity contribution in [2.45, 2.75) is 36.9 Å². The third kappa shape index (κ3) is 3.65. The molecule has 0 aromatic heterocycles. The Morgan fingerprint density at radius 3 is 2.62 bits per heavy atom. The molecule has 0 amide bonds. The second-order valence-electron chi connectivity index (χ2n) is 4.49. The van der Waals surface area contributed by atoms with Gasteiger partial charge in [0.05, 0.1) is 10.0 Å². The number of hydrogen-bond acceptors (Lipinski definition) is 0. The Hall–Kier alpha value is 0.280. The lowest BCUT2D eigenvalue weighted by molar-refractivity contribution is 0.654. The zero-order valence-electron chi connectivity index (χ0n) is 9.06. The lowest BCUT2D eigenvalue weighted by Gasteiger charge is -2.08. The summed E-state index contributed by atoms with van der Waals surface area (Å²) in [6, 6.07) is 5.92. The molecule has 0 nitrogen and oxygen atoms in total. The first-order valence-electron chi connectivity index (χ1n) is 5.75. The average molecular weight is 322 g/mol. The third-order valence-corrected chi connectivity index (χ3v) is 5.01. The Morgan fingerprint density at radius 2 is 2.00 bits per heavy atom. The van der Waals surface area contributed by atoms with Crippen LogP contribution in [0.5, 0.6) is 0 Å². The van der Waals surface area contributed by atoms with Crippen molar-refractivity contribution in [3.05, 3.63) is 33.8 Å². The number of rotatable bonds is 5. The standard InChI is InChI=1S/C13H15BrCl2/c14-11(10-5-6-10)3-1-2-9-4-7-12(15)13(16)8-9/h4,7-8,10-11H,1-3,5-6H2. The summed E-state index contributed by atoms with van der Waals surface area (Å²) in [6.45, 7) is 0. The molecule has 0 saturated heterocycles. The van der Waals surface area contributed by atoms with Crippen LogP contribution in [-0.4, -0.2) is 4.83 Å². The van der Waals surface area contributed by atoms with E-state index in [4.69, 9.17) is 23.2 Å². The summed E-state index contributed by atoms with van der Waals surface area (Å²) in [4.78, 5) is 0.718. The second kappa shape index (κ2) is 5.75. The van der Waals surface area contributed by atoms with Crippen LogP contribution in [0.15, 0.2) is 18.2 Å². The van der Waals surface area contributed by atoms with Crippen molar-refractivity contribution in [1.29, 1.82) is 0 Å². The van der Waals surface area contributed by atoms with Gasteiger partial charge in [-0.25, -0.2) is 0 Å². The molecule has 1 atom stereocenters. The van der Waals surface area contributed by atoms with Gasteiger partial charge in [0, 0.05) is 4.83 Å². The molecule has 0 N–H and O–H groups in total. The minimum Gasteiger partial charge on any atom is -0.0888 e. The normalized spacial score (nSPS) is 17.4. The number of alkyl halides is 1. The molecular formula is C13H15BrCl2. The molecule has 1 fully saturated rings. The lowest BCUT2D eigenvalue weighted by atomic mass is 10.1. The minimum absolute atomic E-state index is 0.641. The maximum atomic E-state index is 5.97. The van der Waals surface area contributed by atoms with Crippen LogP contribution in [0.3, 0.4) is 0 Å². The monoisotopic (exact) mass is 320 g/mol. The Labute approximate surface area is 115 Å².